The summed E-state index contributed by atoms with van der Waals surface area (Å²) in [5.74, 6) is -0.924. The molecule has 0 atom stereocenters. The molecule has 0 aliphatic heterocycles. The van der Waals surface area contributed by atoms with E-state index < -0.39 is 5.97 Å². The van der Waals surface area contributed by atoms with E-state index >= 15 is 0 Å². The van der Waals surface area contributed by atoms with Crippen molar-refractivity contribution in [2.45, 2.75) is 31.7 Å². The Morgan fingerprint density at radius 1 is 1.41 bits per heavy atom. The summed E-state index contributed by atoms with van der Waals surface area (Å²) in [5, 5.41) is 9.71. The predicted octanol–water partition coefficient (Wildman–Crippen LogP) is 3.42. The van der Waals surface area contributed by atoms with Crippen molar-refractivity contribution in [2.75, 3.05) is 11.9 Å². The van der Waals surface area contributed by atoms with Gasteiger partial charge in [-0.1, -0.05) is 30.5 Å². The fourth-order valence-electron chi connectivity index (χ4n) is 2.52. The van der Waals surface area contributed by atoms with E-state index in [1.807, 2.05) is 11.9 Å². The lowest BCUT2D eigenvalue weighted by Gasteiger charge is -2.28. The molecular formula is C13H16ClNO2. The predicted molar refractivity (Wildman–Crippen MR) is 69.1 cm³/mol. The summed E-state index contributed by atoms with van der Waals surface area (Å²) in [4.78, 5) is 13.2. The minimum absolute atomic E-state index is 0.284. The van der Waals surface area contributed by atoms with Crippen LogP contribution in [0.2, 0.25) is 5.02 Å². The van der Waals surface area contributed by atoms with Gasteiger partial charge in [-0.05, 0) is 25.0 Å². The van der Waals surface area contributed by atoms with Gasteiger partial charge in [-0.25, -0.2) is 4.79 Å². The molecule has 0 radical (unpaired) electrons. The number of rotatable bonds is 3. The maximum absolute atomic E-state index is 11.2. The van der Waals surface area contributed by atoms with E-state index in [1.165, 1.54) is 12.8 Å². The molecule has 0 amide bonds. The van der Waals surface area contributed by atoms with Gasteiger partial charge in [0.25, 0.3) is 0 Å². The van der Waals surface area contributed by atoms with Crippen LogP contribution in [0.1, 0.15) is 36.0 Å². The summed E-state index contributed by atoms with van der Waals surface area (Å²) in [6, 6.07) is 5.44. The molecule has 0 spiro atoms. The average Bonchev–Trinajstić information content (AvgIpc) is 2.81. The van der Waals surface area contributed by atoms with Crippen molar-refractivity contribution in [3.63, 3.8) is 0 Å². The molecule has 0 bridgehead atoms. The second kappa shape index (κ2) is 4.96. The zero-order chi connectivity index (χ0) is 12.4. The maximum atomic E-state index is 11.2. The minimum Gasteiger partial charge on any atom is -0.478 e. The third kappa shape index (κ3) is 2.39. The number of anilines is 1. The fraction of sp³-hybridized carbons (Fsp3) is 0.462. The van der Waals surface area contributed by atoms with Crippen molar-refractivity contribution in [3.05, 3.63) is 28.8 Å². The van der Waals surface area contributed by atoms with E-state index in [1.54, 1.807) is 18.2 Å². The smallest absolute Gasteiger partial charge is 0.337 e. The third-order valence-corrected chi connectivity index (χ3v) is 3.75. The van der Waals surface area contributed by atoms with Gasteiger partial charge in [-0.15, -0.1) is 0 Å². The van der Waals surface area contributed by atoms with Gasteiger partial charge < -0.3 is 10.0 Å². The molecule has 0 heterocycles. The van der Waals surface area contributed by atoms with Crippen LogP contribution in [0, 0.1) is 0 Å². The van der Waals surface area contributed by atoms with Gasteiger partial charge in [0.2, 0.25) is 0 Å². The largest absolute Gasteiger partial charge is 0.478 e. The van der Waals surface area contributed by atoms with Crippen molar-refractivity contribution in [3.8, 4) is 0 Å². The second-order valence-electron chi connectivity index (χ2n) is 4.49. The Labute approximate surface area is 106 Å². The highest BCUT2D eigenvalue weighted by atomic mass is 35.5. The number of hydrogen-bond acceptors (Lipinski definition) is 2. The van der Waals surface area contributed by atoms with Crippen molar-refractivity contribution >= 4 is 23.3 Å². The van der Waals surface area contributed by atoms with Gasteiger partial charge in [0.05, 0.1) is 16.3 Å². The van der Waals surface area contributed by atoms with Gasteiger partial charge >= 0.3 is 5.97 Å². The van der Waals surface area contributed by atoms with Crippen LogP contribution >= 0.6 is 11.6 Å². The van der Waals surface area contributed by atoms with Crippen LogP contribution in [0.25, 0.3) is 0 Å². The van der Waals surface area contributed by atoms with Crippen molar-refractivity contribution < 1.29 is 9.90 Å². The number of carboxylic acids is 1. The molecule has 1 aromatic rings. The Balaban J connectivity index is 2.38. The molecule has 4 heteroatoms. The lowest BCUT2D eigenvalue weighted by Crippen LogP contribution is -2.30. The number of halogens is 1. The third-order valence-electron chi connectivity index (χ3n) is 3.44. The van der Waals surface area contributed by atoms with E-state index in [0.29, 0.717) is 16.8 Å². The molecule has 0 aromatic heterocycles. The number of aromatic carboxylic acids is 1. The maximum Gasteiger partial charge on any atom is 0.337 e. The summed E-state index contributed by atoms with van der Waals surface area (Å²) in [6.45, 7) is 0. The summed E-state index contributed by atoms with van der Waals surface area (Å²) >= 11 is 6.14. The summed E-state index contributed by atoms with van der Waals surface area (Å²) in [7, 11) is 1.93. The lowest BCUT2D eigenvalue weighted by molar-refractivity contribution is 0.0697. The fourth-order valence-corrected chi connectivity index (χ4v) is 2.83. The van der Waals surface area contributed by atoms with Gasteiger partial charge in [0.1, 0.15) is 0 Å². The number of carbonyl (C=O) groups is 1. The minimum atomic E-state index is -0.924. The number of carboxylic acid groups (broad SMARTS) is 1. The Morgan fingerprint density at radius 3 is 2.65 bits per heavy atom. The average molecular weight is 254 g/mol. The zero-order valence-electron chi connectivity index (χ0n) is 9.82. The highest BCUT2D eigenvalue weighted by molar-refractivity contribution is 6.34. The molecule has 0 unspecified atom stereocenters. The quantitative estimate of drug-likeness (QED) is 0.897. The monoisotopic (exact) mass is 253 g/mol. The number of nitrogens with zero attached hydrogens (tertiary/aromatic N) is 1. The van der Waals surface area contributed by atoms with Crippen molar-refractivity contribution in [1.82, 2.24) is 0 Å². The van der Waals surface area contributed by atoms with Crippen molar-refractivity contribution in [1.29, 1.82) is 0 Å². The lowest BCUT2D eigenvalue weighted by atomic mass is 10.1. The van der Waals surface area contributed by atoms with Gasteiger partial charge in [-0.3, -0.25) is 0 Å². The van der Waals surface area contributed by atoms with Crippen LogP contribution in [-0.2, 0) is 0 Å². The first-order valence-electron chi connectivity index (χ1n) is 5.86. The Morgan fingerprint density at radius 2 is 2.06 bits per heavy atom. The molecule has 1 aromatic carbocycles. The molecule has 1 aliphatic carbocycles. The second-order valence-corrected chi connectivity index (χ2v) is 4.90. The van der Waals surface area contributed by atoms with Crippen LogP contribution in [0.5, 0.6) is 0 Å². The topological polar surface area (TPSA) is 40.5 Å². The highest BCUT2D eigenvalue weighted by Crippen LogP contribution is 2.34. The summed E-state index contributed by atoms with van der Waals surface area (Å²) < 4.78 is 0. The number of para-hydroxylation sites is 1. The van der Waals surface area contributed by atoms with Crippen LogP contribution in [0.4, 0.5) is 5.69 Å². The Kier molecular flexibility index (Phi) is 3.57. The van der Waals surface area contributed by atoms with Crippen LogP contribution in [0.3, 0.4) is 0 Å². The molecule has 1 N–H and O–H groups in total. The molecular weight excluding hydrogens is 238 g/mol. The molecule has 3 nitrogen and oxygen atoms in total. The molecule has 17 heavy (non-hydrogen) atoms. The van der Waals surface area contributed by atoms with Crippen LogP contribution < -0.4 is 4.90 Å². The van der Waals surface area contributed by atoms with Crippen LogP contribution in [-0.4, -0.2) is 24.2 Å². The normalized spacial score (nSPS) is 16.1. The Bertz CT molecular complexity index is 427. The first-order chi connectivity index (χ1) is 8.11. The molecule has 0 saturated heterocycles. The van der Waals surface area contributed by atoms with E-state index in [4.69, 9.17) is 11.6 Å². The first-order valence-corrected chi connectivity index (χ1v) is 6.23. The van der Waals surface area contributed by atoms with Gasteiger partial charge in [0.15, 0.2) is 0 Å². The molecule has 1 aliphatic rings. The van der Waals surface area contributed by atoms with E-state index in [0.717, 1.165) is 12.8 Å². The van der Waals surface area contributed by atoms with Crippen LogP contribution in [0.15, 0.2) is 18.2 Å². The van der Waals surface area contributed by atoms with E-state index in [2.05, 4.69) is 0 Å². The zero-order valence-corrected chi connectivity index (χ0v) is 10.6. The highest BCUT2D eigenvalue weighted by Gasteiger charge is 2.24. The first kappa shape index (κ1) is 12.2. The standard InChI is InChI=1S/C13H16ClNO2/c1-15(9-5-2-3-6-9)12-10(13(16)17)7-4-8-11(12)14/h4,7-9H,2-3,5-6H2,1H3,(H,16,17). The molecule has 1 fully saturated rings. The van der Waals surface area contributed by atoms with Gasteiger partial charge in [-0.2, -0.15) is 0 Å². The van der Waals surface area contributed by atoms with E-state index in [9.17, 15) is 9.90 Å². The molecule has 1 saturated carbocycles. The Hall–Kier alpha value is -1.22. The van der Waals surface area contributed by atoms with Gasteiger partial charge in [0, 0.05) is 13.1 Å². The molecule has 2 rings (SSSR count). The number of benzene rings is 1. The van der Waals surface area contributed by atoms with E-state index in [-0.39, 0.29) is 5.56 Å². The summed E-state index contributed by atoms with van der Waals surface area (Å²) in [6.07, 6.45) is 4.64. The number of hydrogen-bond donors (Lipinski definition) is 1. The van der Waals surface area contributed by atoms with Crippen molar-refractivity contribution in [2.24, 2.45) is 0 Å². The summed E-state index contributed by atoms with van der Waals surface area (Å²) in [5.41, 5.74) is 0.931. The molecule has 92 valence electrons. The SMILES string of the molecule is CN(c1c(Cl)cccc1C(=O)O)C1CCCC1.